The minimum Gasteiger partial charge on any atom is -0.330 e. The standard InChI is InChI=1S/C15H21ClN2/c16-15-5-3-13(4-6-15)14-7-11-18(12-8-14)10-2-1-9-17/h3-7H,1-2,8-12,17H2. The van der Waals surface area contributed by atoms with Crippen molar-refractivity contribution >= 4 is 17.2 Å². The molecule has 2 rings (SSSR count). The summed E-state index contributed by atoms with van der Waals surface area (Å²) in [5.74, 6) is 0. The average Bonchev–Trinajstić information content (AvgIpc) is 2.41. The maximum absolute atomic E-state index is 5.91. The van der Waals surface area contributed by atoms with Gasteiger partial charge in [0.15, 0.2) is 0 Å². The second kappa shape index (κ2) is 6.93. The molecular weight excluding hydrogens is 244 g/mol. The van der Waals surface area contributed by atoms with Gasteiger partial charge in [0, 0.05) is 18.1 Å². The van der Waals surface area contributed by atoms with Crippen LogP contribution < -0.4 is 5.73 Å². The number of halogens is 1. The summed E-state index contributed by atoms with van der Waals surface area (Å²) in [6, 6.07) is 8.15. The van der Waals surface area contributed by atoms with Gasteiger partial charge in [-0.15, -0.1) is 0 Å². The summed E-state index contributed by atoms with van der Waals surface area (Å²) < 4.78 is 0. The lowest BCUT2D eigenvalue weighted by Gasteiger charge is -2.26. The number of rotatable bonds is 5. The summed E-state index contributed by atoms with van der Waals surface area (Å²) in [6.45, 7) is 4.18. The van der Waals surface area contributed by atoms with E-state index in [0.29, 0.717) is 0 Å². The molecule has 2 N–H and O–H groups in total. The molecule has 1 heterocycles. The molecule has 18 heavy (non-hydrogen) atoms. The molecule has 0 aliphatic carbocycles. The van der Waals surface area contributed by atoms with Crippen molar-refractivity contribution in [2.75, 3.05) is 26.2 Å². The second-order valence-corrected chi connectivity index (χ2v) is 5.22. The molecule has 0 fully saturated rings. The van der Waals surface area contributed by atoms with Gasteiger partial charge >= 0.3 is 0 Å². The fraction of sp³-hybridized carbons (Fsp3) is 0.467. The Labute approximate surface area is 114 Å². The van der Waals surface area contributed by atoms with Gasteiger partial charge in [-0.2, -0.15) is 0 Å². The fourth-order valence-electron chi connectivity index (χ4n) is 2.32. The molecular formula is C15H21ClN2. The number of hydrogen-bond donors (Lipinski definition) is 1. The van der Waals surface area contributed by atoms with E-state index in [1.807, 2.05) is 12.1 Å². The van der Waals surface area contributed by atoms with Crippen LogP contribution in [0.4, 0.5) is 0 Å². The molecule has 0 saturated heterocycles. The first-order valence-corrected chi connectivity index (χ1v) is 7.05. The molecule has 1 aromatic rings. The molecule has 0 radical (unpaired) electrons. The molecule has 0 spiro atoms. The lowest BCUT2D eigenvalue weighted by molar-refractivity contribution is 0.296. The molecule has 0 bridgehead atoms. The monoisotopic (exact) mass is 264 g/mol. The summed E-state index contributed by atoms with van der Waals surface area (Å²) in [5, 5.41) is 0.804. The van der Waals surface area contributed by atoms with Gasteiger partial charge < -0.3 is 5.73 Å². The van der Waals surface area contributed by atoms with Crippen molar-refractivity contribution in [2.24, 2.45) is 5.73 Å². The first kappa shape index (κ1) is 13.6. The van der Waals surface area contributed by atoms with Crippen LogP contribution in [0.1, 0.15) is 24.8 Å². The number of unbranched alkanes of at least 4 members (excludes halogenated alkanes) is 1. The Morgan fingerprint density at radius 3 is 2.56 bits per heavy atom. The fourth-order valence-corrected chi connectivity index (χ4v) is 2.45. The first-order valence-electron chi connectivity index (χ1n) is 6.67. The van der Waals surface area contributed by atoms with Gasteiger partial charge in [-0.05, 0) is 55.6 Å². The van der Waals surface area contributed by atoms with E-state index in [0.717, 1.165) is 37.5 Å². The molecule has 2 nitrogen and oxygen atoms in total. The van der Waals surface area contributed by atoms with Crippen LogP contribution in [-0.2, 0) is 0 Å². The Morgan fingerprint density at radius 2 is 1.94 bits per heavy atom. The number of nitrogens with zero attached hydrogens (tertiary/aromatic N) is 1. The predicted octanol–water partition coefficient (Wildman–Crippen LogP) is 3.17. The van der Waals surface area contributed by atoms with E-state index in [4.69, 9.17) is 17.3 Å². The maximum atomic E-state index is 5.91. The smallest absolute Gasteiger partial charge is 0.0406 e. The molecule has 0 aromatic heterocycles. The third-order valence-corrected chi connectivity index (χ3v) is 3.69. The summed E-state index contributed by atoms with van der Waals surface area (Å²) in [7, 11) is 0. The Hall–Kier alpha value is -0.830. The maximum Gasteiger partial charge on any atom is 0.0406 e. The van der Waals surface area contributed by atoms with E-state index < -0.39 is 0 Å². The van der Waals surface area contributed by atoms with Crippen molar-refractivity contribution in [1.82, 2.24) is 4.90 Å². The highest BCUT2D eigenvalue weighted by Crippen LogP contribution is 2.23. The molecule has 0 amide bonds. The van der Waals surface area contributed by atoms with E-state index >= 15 is 0 Å². The Bertz CT molecular complexity index is 397. The lowest BCUT2D eigenvalue weighted by Crippen LogP contribution is -2.29. The normalized spacial score (nSPS) is 16.7. The molecule has 0 atom stereocenters. The number of hydrogen-bond acceptors (Lipinski definition) is 2. The average molecular weight is 265 g/mol. The quantitative estimate of drug-likeness (QED) is 0.828. The third-order valence-electron chi connectivity index (χ3n) is 3.44. The van der Waals surface area contributed by atoms with Crippen molar-refractivity contribution < 1.29 is 0 Å². The molecule has 0 saturated carbocycles. The van der Waals surface area contributed by atoms with E-state index in [1.54, 1.807) is 0 Å². The van der Waals surface area contributed by atoms with Gasteiger partial charge in [-0.25, -0.2) is 0 Å². The SMILES string of the molecule is NCCCCN1CC=C(c2ccc(Cl)cc2)CC1. The summed E-state index contributed by atoms with van der Waals surface area (Å²) in [6.07, 6.45) is 5.81. The number of nitrogens with two attached hydrogens (primary N) is 1. The largest absolute Gasteiger partial charge is 0.330 e. The zero-order chi connectivity index (χ0) is 12.8. The van der Waals surface area contributed by atoms with Gasteiger partial charge in [-0.3, -0.25) is 4.90 Å². The van der Waals surface area contributed by atoms with Crippen molar-refractivity contribution in [3.8, 4) is 0 Å². The van der Waals surface area contributed by atoms with Gasteiger partial charge in [0.05, 0.1) is 0 Å². The van der Waals surface area contributed by atoms with Crippen molar-refractivity contribution in [2.45, 2.75) is 19.3 Å². The van der Waals surface area contributed by atoms with Gasteiger partial charge in [0.25, 0.3) is 0 Å². The van der Waals surface area contributed by atoms with Gasteiger partial charge in [0.2, 0.25) is 0 Å². The van der Waals surface area contributed by atoms with E-state index in [-0.39, 0.29) is 0 Å². The van der Waals surface area contributed by atoms with Gasteiger partial charge in [-0.1, -0.05) is 29.8 Å². The first-order chi connectivity index (χ1) is 8.79. The summed E-state index contributed by atoms with van der Waals surface area (Å²) >= 11 is 5.91. The van der Waals surface area contributed by atoms with Crippen LogP contribution in [0.5, 0.6) is 0 Å². The Balaban J connectivity index is 1.88. The molecule has 0 unspecified atom stereocenters. The minimum absolute atomic E-state index is 0.804. The highest BCUT2D eigenvalue weighted by atomic mass is 35.5. The lowest BCUT2D eigenvalue weighted by atomic mass is 9.99. The van der Waals surface area contributed by atoms with Gasteiger partial charge in [0.1, 0.15) is 0 Å². The van der Waals surface area contributed by atoms with E-state index in [2.05, 4.69) is 23.1 Å². The summed E-state index contributed by atoms with van der Waals surface area (Å²) in [5.41, 5.74) is 8.27. The topological polar surface area (TPSA) is 29.3 Å². The van der Waals surface area contributed by atoms with Crippen LogP contribution in [-0.4, -0.2) is 31.1 Å². The second-order valence-electron chi connectivity index (χ2n) is 4.78. The zero-order valence-corrected chi connectivity index (χ0v) is 11.5. The van der Waals surface area contributed by atoms with Crippen LogP contribution in [0.2, 0.25) is 5.02 Å². The van der Waals surface area contributed by atoms with Crippen LogP contribution in [0.15, 0.2) is 30.3 Å². The third kappa shape index (κ3) is 3.84. The minimum atomic E-state index is 0.804. The highest BCUT2D eigenvalue weighted by Gasteiger charge is 2.12. The molecule has 1 aliphatic rings. The van der Waals surface area contributed by atoms with Crippen molar-refractivity contribution in [1.29, 1.82) is 0 Å². The Kier molecular flexibility index (Phi) is 5.24. The van der Waals surface area contributed by atoms with Crippen LogP contribution in [0.25, 0.3) is 5.57 Å². The van der Waals surface area contributed by atoms with Crippen molar-refractivity contribution in [3.05, 3.63) is 40.9 Å². The molecule has 1 aromatic carbocycles. The van der Waals surface area contributed by atoms with E-state index in [1.165, 1.54) is 24.1 Å². The molecule has 98 valence electrons. The Morgan fingerprint density at radius 1 is 1.17 bits per heavy atom. The van der Waals surface area contributed by atoms with Crippen LogP contribution >= 0.6 is 11.6 Å². The van der Waals surface area contributed by atoms with Crippen LogP contribution in [0.3, 0.4) is 0 Å². The zero-order valence-electron chi connectivity index (χ0n) is 10.7. The predicted molar refractivity (Wildman–Crippen MR) is 78.8 cm³/mol. The molecule has 1 aliphatic heterocycles. The molecule has 3 heteroatoms. The van der Waals surface area contributed by atoms with Crippen molar-refractivity contribution in [3.63, 3.8) is 0 Å². The van der Waals surface area contributed by atoms with E-state index in [9.17, 15) is 0 Å². The highest BCUT2D eigenvalue weighted by molar-refractivity contribution is 6.30. The van der Waals surface area contributed by atoms with Crippen LogP contribution in [0, 0.1) is 0 Å². The number of benzene rings is 1. The summed E-state index contributed by atoms with van der Waals surface area (Å²) in [4.78, 5) is 2.50.